The van der Waals surface area contributed by atoms with Crippen LogP contribution in [0.2, 0.25) is 0 Å². The Labute approximate surface area is 178 Å². The molecule has 0 amide bonds. The van der Waals surface area contributed by atoms with Gasteiger partial charge in [-0.2, -0.15) is 0 Å². The van der Waals surface area contributed by atoms with Crippen LogP contribution in [0.15, 0.2) is 94.1 Å². The van der Waals surface area contributed by atoms with Gasteiger partial charge in [-0.15, -0.1) is 0 Å². The lowest BCUT2D eigenvalue weighted by molar-refractivity contribution is 0.404. The van der Waals surface area contributed by atoms with Crippen LogP contribution in [0.5, 0.6) is 17.2 Å². The second kappa shape index (κ2) is 6.74. The molecule has 1 unspecified atom stereocenters. The van der Waals surface area contributed by atoms with Crippen molar-refractivity contribution < 1.29 is 13.9 Å². The first-order chi connectivity index (χ1) is 15.3. The quantitative estimate of drug-likeness (QED) is 0.319. The monoisotopic (exact) mass is 406 g/mol. The summed E-state index contributed by atoms with van der Waals surface area (Å²) < 4.78 is 17.8. The van der Waals surface area contributed by atoms with E-state index in [-0.39, 0.29) is 5.92 Å². The van der Waals surface area contributed by atoms with Gasteiger partial charge >= 0.3 is 5.63 Å². The summed E-state index contributed by atoms with van der Waals surface area (Å²) >= 11 is 0. The van der Waals surface area contributed by atoms with Crippen molar-refractivity contribution in [2.75, 3.05) is 7.11 Å². The standard InChI is InChI=1S/C27H18O4/c1-29-20-12-6-4-10-18(20)24-23-17-9-3-2-8-16(17)14-15-22(23)30-26-19-11-5-7-13-21(19)31-27(28)25(24)26/h2-15,24H,1H3. The number of hydrogen-bond donors (Lipinski definition) is 0. The first-order valence-corrected chi connectivity index (χ1v) is 10.1. The molecule has 1 atom stereocenters. The highest BCUT2D eigenvalue weighted by Gasteiger charge is 2.36. The molecule has 4 nitrogen and oxygen atoms in total. The maximum absolute atomic E-state index is 13.3. The van der Waals surface area contributed by atoms with E-state index in [1.807, 2.05) is 66.7 Å². The number of hydrogen-bond acceptors (Lipinski definition) is 4. The summed E-state index contributed by atoms with van der Waals surface area (Å²) in [4.78, 5) is 13.3. The molecule has 0 spiro atoms. The minimum atomic E-state index is -0.400. The van der Waals surface area contributed by atoms with Gasteiger partial charge in [0.1, 0.15) is 22.8 Å². The van der Waals surface area contributed by atoms with E-state index in [9.17, 15) is 4.79 Å². The van der Waals surface area contributed by atoms with Crippen molar-refractivity contribution in [2.24, 2.45) is 0 Å². The molecular weight excluding hydrogens is 388 g/mol. The van der Waals surface area contributed by atoms with Crippen molar-refractivity contribution in [3.63, 3.8) is 0 Å². The fourth-order valence-corrected chi connectivity index (χ4v) is 4.63. The van der Waals surface area contributed by atoms with Gasteiger partial charge < -0.3 is 13.9 Å². The lowest BCUT2D eigenvalue weighted by atomic mass is 9.80. The van der Waals surface area contributed by atoms with Gasteiger partial charge in [-0.25, -0.2) is 4.79 Å². The third-order valence-electron chi connectivity index (χ3n) is 5.97. The summed E-state index contributed by atoms with van der Waals surface area (Å²) in [6.45, 7) is 0. The van der Waals surface area contributed by atoms with E-state index in [0.717, 1.165) is 33.0 Å². The molecule has 0 saturated heterocycles. The molecule has 1 aromatic heterocycles. The Hall–Kier alpha value is -4.05. The number of rotatable bonds is 2. The van der Waals surface area contributed by atoms with Crippen LogP contribution in [0.1, 0.15) is 22.6 Å². The molecule has 31 heavy (non-hydrogen) atoms. The molecule has 0 aliphatic carbocycles. The summed E-state index contributed by atoms with van der Waals surface area (Å²) in [6.07, 6.45) is 0. The van der Waals surface area contributed by atoms with Crippen molar-refractivity contribution in [3.05, 3.63) is 112 Å². The van der Waals surface area contributed by atoms with Crippen molar-refractivity contribution in [1.29, 1.82) is 0 Å². The predicted octanol–water partition coefficient (Wildman–Crippen LogP) is 6.24. The van der Waals surface area contributed by atoms with E-state index in [1.54, 1.807) is 13.2 Å². The summed E-state index contributed by atoms with van der Waals surface area (Å²) in [5.41, 5.74) is 2.44. The second-order valence-corrected chi connectivity index (χ2v) is 7.60. The van der Waals surface area contributed by atoms with Crippen LogP contribution in [0.4, 0.5) is 0 Å². The molecule has 0 N–H and O–H groups in total. The largest absolute Gasteiger partial charge is 0.496 e. The van der Waals surface area contributed by atoms with Crippen molar-refractivity contribution >= 4 is 21.7 Å². The molecule has 1 aliphatic heterocycles. The topological polar surface area (TPSA) is 48.7 Å². The first-order valence-electron chi connectivity index (χ1n) is 10.1. The molecule has 0 radical (unpaired) electrons. The van der Waals surface area contributed by atoms with Crippen LogP contribution in [0, 0.1) is 0 Å². The summed E-state index contributed by atoms with van der Waals surface area (Å²) in [5, 5.41) is 2.89. The van der Waals surface area contributed by atoms with Crippen LogP contribution in [0.3, 0.4) is 0 Å². The fourth-order valence-electron chi connectivity index (χ4n) is 4.63. The molecular formula is C27H18O4. The maximum atomic E-state index is 13.3. The molecule has 2 heterocycles. The Morgan fingerprint density at radius 3 is 2.39 bits per heavy atom. The minimum Gasteiger partial charge on any atom is -0.496 e. The Balaban J connectivity index is 1.78. The average molecular weight is 406 g/mol. The van der Waals surface area contributed by atoms with Gasteiger partial charge in [-0.1, -0.05) is 60.7 Å². The van der Waals surface area contributed by atoms with Crippen LogP contribution in [-0.4, -0.2) is 7.11 Å². The number of para-hydroxylation sites is 2. The lowest BCUT2D eigenvalue weighted by Crippen LogP contribution is -2.21. The molecule has 4 heteroatoms. The van der Waals surface area contributed by atoms with Crippen LogP contribution >= 0.6 is 0 Å². The predicted molar refractivity (Wildman–Crippen MR) is 120 cm³/mol. The summed E-state index contributed by atoms with van der Waals surface area (Å²) in [6, 6.07) is 27.4. The number of methoxy groups -OCH3 is 1. The SMILES string of the molecule is COc1ccccc1C1c2c(c3ccccc3oc2=O)Oc2ccc3ccccc3c21. The number of ether oxygens (including phenoxy) is 2. The summed E-state index contributed by atoms with van der Waals surface area (Å²) in [7, 11) is 1.64. The first kappa shape index (κ1) is 17.8. The highest BCUT2D eigenvalue weighted by Crippen LogP contribution is 2.52. The summed E-state index contributed by atoms with van der Waals surface area (Å²) in [5.74, 6) is 1.61. The van der Waals surface area contributed by atoms with Crippen molar-refractivity contribution in [3.8, 4) is 17.2 Å². The van der Waals surface area contributed by atoms with E-state index < -0.39 is 5.63 Å². The number of fused-ring (bicyclic) bond motifs is 6. The smallest absolute Gasteiger partial charge is 0.344 e. The van der Waals surface area contributed by atoms with Crippen molar-refractivity contribution in [1.82, 2.24) is 0 Å². The van der Waals surface area contributed by atoms with Crippen molar-refractivity contribution in [2.45, 2.75) is 5.92 Å². The zero-order valence-corrected chi connectivity index (χ0v) is 16.8. The van der Waals surface area contributed by atoms with Crippen LogP contribution < -0.4 is 15.1 Å². The third kappa shape index (κ3) is 2.58. The Morgan fingerprint density at radius 2 is 1.52 bits per heavy atom. The number of benzene rings is 4. The van der Waals surface area contributed by atoms with Crippen LogP contribution in [0.25, 0.3) is 21.7 Å². The zero-order valence-electron chi connectivity index (χ0n) is 16.8. The Bertz CT molecular complexity index is 1530. The highest BCUT2D eigenvalue weighted by atomic mass is 16.5. The molecule has 0 bridgehead atoms. The van der Waals surface area contributed by atoms with E-state index >= 15 is 0 Å². The van der Waals surface area contributed by atoms with Gasteiger partial charge in [0, 0.05) is 11.1 Å². The highest BCUT2D eigenvalue weighted by molar-refractivity contribution is 5.93. The van der Waals surface area contributed by atoms with E-state index in [0.29, 0.717) is 22.6 Å². The lowest BCUT2D eigenvalue weighted by Gasteiger charge is -2.30. The van der Waals surface area contributed by atoms with Gasteiger partial charge in [0.05, 0.1) is 24.0 Å². The minimum absolute atomic E-state index is 0.387. The van der Waals surface area contributed by atoms with Gasteiger partial charge in [0.25, 0.3) is 0 Å². The molecule has 5 aromatic rings. The third-order valence-corrected chi connectivity index (χ3v) is 5.97. The fraction of sp³-hybridized carbons (Fsp3) is 0.0741. The van der Waals surface area contributed by atoms with Gasteiger partial charge in [-0.3, -0.25) is 0 Å². The molecule has 0 saturated carbocycles. The Morgan fingerprint density at radius 1 is 0.774 bits per heavy atom. The molecule has 6 rings (SSSR count). The Kier molecular flexibility index (Phi) is 3.87. The van der Waals surface area contributed by atoms with Gasteiger partial charge in [-0.05, 0) is 35.0 Å². The maximum Gasteiger partial charge on any atom is 0.344 e. The molecule has 150 valence electrons. The van der Waals surface area contributed by atoms with E-state index in [2.05, 4.69) is 12.1 Å². The normalized spacial score (nSPS) is 14.7. The zero-order chi connectivity index (χ0) is 20.9. The van der Waals surface area contributed by atoms with E-state index in [4.69, 9.17) is 13.9 Å². The van der Waals surface area contributed by atoms with Crippen LogP contribution in [-0.2, 0) is 0 Å². The van der Waals surface area contributed by atoms with Gasteiger partial charge in [0.2, 0.25) is 0 Å². The molecule has 1 aliphatic rings. The van der Waals surface area contributed by atoms with E-state index in [1.165, 1.54) is 0 Å². The average Bonchev–Trinajstić information content (AvgIpc) is 2.82. The van der Waals surface area contributed by atoms with Gasteiger partial charge in [0.15, 0.2) is 0 Å². The molecule has 4 aromatic carbocycles. The molecule has 0 fully saturated rings. The second-order valence-electron chi connectivity index (χ2n) is 7.60.